The third-order valence-electron chi connectivity index (χ3n) is 6.01. The number of carbonyl (C=O) groups is 2. The molecule has 5 heteroatoms. The largest absolute Gasteiger partial charge is 0.480 e. The van der Waals surface area contributed by atoms with Gasteiger partial charge < -0.3 is 10.0 Å². The molecule has 1 saturated carbocycles. The molecule has 1 saturated heterocycles. The van der Waals surface area contributed by atoms with E-state index in [1.807, 2.05) is 28.0 Å². The van der Waals surface area contributed by atoms with E-state index in [0.717, 1.165) is 31.4 Å². The summed E-state index contributed by atoms with van der Waals surface area (Å²) >= 11 is 0. The van der Waals surface area contributed by atoms with Crippen LogP contribution in [0.15, 0.2) is 24.3 Å². The van der Waals surface area contributed by atoms with Crippen molar-refractivity contribution in [1.82, 2.24) is 4.90 Å². The Labute approximate surface area is 142 Å². The molecule has 1 aromatic carbocycles. The van der Waals surface area contributed by atoms with E-state index >= 15 is 0 Å². The highest BCUT2D eigenvalue weighted by Crippen LogP contribution is 2.40. The molecule has 1 amide bonds. The predicted molar refractivity (Wildman–Crippen MR) is 91.0 cm³/mol. The lowest BCUT2D eigenvalue weighted by Crippen LogP contribution is -2.48. The summed E-state index contributed by atoms with van der Waals surface area (Å²) < 4.78 is 0. The number of carboxylic acid groups (broad SMARTS) is 1. The van der Waals surface area contributed by atoms with E-state index in [2.05, 4.69) is 6.07 Å². The number of benzene rings is 1. The minimum Gasteiger partial charge on any atom is -0.480 e. The van der Waals surface area contributed by atoms with E-state index in [-0.39, 0.29) is 18.5 Å². The third kappa shape index (κ3) is 2.61. The first-order chi connectivity index (χ1) is 11.6. The summed E-state index contributed by atoms with van der Waals surface area (Å²) in [6.07, 6.45) is 6.05. The first kappa shape index (κ1) is 15.6. The molecule has 0 radical (unpaired) electrons. The summed E-state index contributed by atoms with van der Waals surface area (Å²) in [6, 6.07) is 7.78. The van der Waals surface area contributed by atoms with E-state index in [1.54, 1.807) is 0 Å². The molecule has 4 rings (SSSR count). The molecule has 1 N–H and O–H groups in total. The van der Waals surface area contributed by atoms with Gasteiger partial charge in [-0.2, -0.15) is 0 Å². The van der Waals surface area contributed by atoms with Gasteiger partial charge in [-0.1, -0.05) is 31.0 Å². The number of rotatable bonds is 3. The Kier molecular flexibility index (Phi) is 4.04. The highest BCUT2D eigenvalue weighted by Gasteiger charge is 2.46. The summed E-state index contributed by atoms with van der Waals surface area (Å²) in [5.74, 6) is -0.296. The smallest absolute Gasteiger partial charge is 0.320 e. The lowest BCUT2D eigenvalue weighted by Gasteiger charge is -2.33. The number of fused-ring (bicyclic) bond motifs is 2. The van der Waals surface area contributed by atoms with Gasteiger partial charge in [0.2, 0.25) is 5.91 Å². The number of carbonyl (C=O) groups excluding carboxylic acids is 1. The van der Waals surface area contributed by atoms with Crippen molar-refractivity contribution in [3.8, 4) is 0 Å². The fourth-order valence-electron chi connectivity index (χ4n) is 4.86. The Morgan fingerprint density at radius 3 is 2.79 bits per heavy atom. The quantitative estimate of drug-likeness (QED) is 0.925. The lowest BCUT2D eigenvalue weighted by molar-refractivity contribution is -0.143. The minimum atomic E-state index is -0.779. The maximum Gasteiger partial charge on any atom is 0.320 e. The van der Waals surface area contributed by atoms with Crippen molar-refractivity contribution in [2.24, 2.45) is 5.92 Å². The fourth-order valence-corrected chi connectivity index (χ4v) is 4.86. The highest BCUT2D eigenvalue weighted by molar-refractivity contribution is 5.97. The number of nitrogens with zero attached hydrogens (tertiary/aromatic N) is 2. The number of likely N-dealkylation sites (tertiary alicyclic amines) is 1. The van der Waals surface area contributed by atoms with Gasteiger partial charge in [-0.25, -0.2) is 0 Å². The van der Waals surface area contributed by atoms with Gasteiger partial charge in [-0.15, -0.1) is 0 Å². The molecule has 128 valence electrons. The van der Waals surface area contributed by atoms with Crippen LogP contribution < -0.4 is 4.90 Å². The molecule has 2 heterocycles. The van der Waals surface area contributed by atoms with Crippen LogP contribution >= 0.6 is 0 Å². The van der Waals surface area contributed by atoms with Gasteiger partial charge in [-0.05, 0) is 43.2 Å². The molecule has 0 bridgehead atoms. The Morgan fingerprint density at radius 2 is 1.96 bits per heavy atom. The van der Waals surface area contributed by atoms with Gasteiger partial charge in [0.05, 0.1) is 6.54 Å². The summed E-state index contributed by atoms with van der Waals surface area (Å²) in [5, 5.41) is 9.60. The second kappa shape index (κ2) is 6.20. The summed E-state index contributed by atoms with van der Waals surface area (Å²) in [6.45, 7) is 0.935. The van der Waals surface area contributed by atoms with Crippen molar-refractivity contribution in [2.75, 3.05) is 18.0 Å². The van der Waals surface area contributed by atoms with Crippen LogP contribution in [0.1, 0.15) is 37.7 Å². The minimum absolute atomic E-state index is 0.0393. The Hall–Kier alpha value is -1.88. The fraction of sp³-hybridized carbons (Fsp3) is 0.579. The molecule has 0 aromatic heterocycles. The van der Waals surface area contributed by atoms with Crippen LogP contribution in [-0.4, -0.2) is 47.1 Å². The molecule has 1 aliphatic carbocycles. The van der Waals surface area contributed by atoms with Crippen molar-refractivity contribution in [3.63, 3.8) is 0 Å². The van der Waals surface area contributed by atoms with Crippen molar-refractivity contribution >= 4 is 17.6 Å². The van der Waals surface area contributed by atoms with Crippen LogP contribution in [0.4, 0.5) is 5.69 Å². The molecule has 2 fully saturated rings. The highest BCUT2D eigenvalue weighted by atomic mass is 16.4. The number of carboxylic acids is 1. The van der Waals surface area contributed by atoms with E-state index in [9.17, 15) is 14.7 Å². The first-order valence-electron chi connectivity index (χ1n) is 9.02. The standard InChI is InChI=1S/C19H24N2O3/c22-18(20-10-9-13-5-1-3-7-15(13)20)12-21-16-8-4-2-6-14(16)11-17(21)19(23)24/h1,3,5,7,14,16-17H,2,4,6,8-12H2,(H,23,24)/t14-,16+,17-/m0/s1. The van der Waals surface area contributed by atoms with Crippen molar-refractivity contribution < 1.29 is 14.7 Å². The van der Waals surface area contributed by atoms with Gasteiger partial charge in [0.15, 0.2) is 0 Å². The molecule has 3 atom stereocenters. The molecule has 2 aliphatic heterocycles. The number of para-hydroxylation sites is 1. The average molecular weight is 328 g/mol. The Balaban J connectivity index is 1.53. The summed E-state index contributed by atoms with van der Waals surface area (Å²) in [5.41, 5.74) is 2.20. The SMILES string of the molecule is O=C(O)[C@@H]1C[C@@H]2CCCC[C@H]2N1CC(=O)N1CCc2ccccc21. The van der Waals surface area contributed by atoms with Crippen LogP contribution in [-0.2, 0) is 16.0 Å². The van der Waals surface area contributed by atoms with Gasteiger partial charge >= 0.3 is 5.97 Å². The average Bonchev–Trinajstić information content (AvgIpc) is 3.17. The molecule has 1 aromatic rings. The Bertz CT molecular complexity index is 660. The molecule has 0 unspecified atom stereocenters. The molecule has 0 spiro atoms. The topological polar surface area (TPSA) is 60.9 Å². The normalized spacial score (nSPS) is 29.3. The van der Waals surface area contributed by atoms with Crippen LogP contribution in [0.25, 0.3) is 0 Å². The molecule has 3 aliphatic rings. The number of amides is 1. The van der Waals surface area contributed by atoms with E-state index in [4.69, 9.17) is 0 Å². The van der Waals surface area contributed by atoms with Crippen LogP contribution in [0.3, 0.4) is 0 Å². The number of hydrogen-bond donors (Lipinski definition) is 1. The summed E-state index contributed by atoms with van der Waals surface area (Å²) in [7, 11) is 0. The van der Waals surface area contributed by atoms with Crippen molar-refractivity contribution in [3.05, 3.63) is 29.8 Å². The second-order valence-electron chi connectivity index (χ2n) is 7.30. The zero-order valence-corrected chi connectivity index (χ0v) is 13.9. The van der Waals surface area contributed by atoms with Gasteiger partial charge in [0.1, 0.15) is 6.04 Å². The van der Waals surface area contributed by atoms with Crippen LogP contribution in [0, 0.1) is 5.92 Å². The van der Waals surface area contributed by atoms with E-state index < -0.39 is 12.0 Å². The van der Waals surface area contributed by atoms with E-state index in [0.29, 0.717) is 18.9 Å². The Morgan fingerprint density at radius 1 is 1.17 bits per heavy atom. The van der Waals surface area contributed by atoms with Crippen LogP contribution in [0.2, 0.25) is 0 Å². The number of hydrogen-bond acceptors (Lipinski definition) is 3. The second-order valence-corrected chi connectivity index (χ2v) is 7.30. The van der Waals surface area contributed by atoms with E-state index in [1.165, 1.54) is 12.0 Å². The molecular formula is C19H24N2O3. The first-order valence-corrected chi connectivity index (χ1v) is 9.02. The predicted octanol–water partition coefficient (Wildman–Crippen LogP) is 2.29. The maximum absolute atomic E-state index is 12.9. The molecule has 5 nitrogen and oxygen atoms in total. The van der Waals surface area contributed by atoms with Gasteiger partial charge in [0, 0.05) is 18.3 Å². The number of aliphatic carboxylic acids is 1. The lowest BCUT2D eigenvalue weighted by atomic mass is 9.85. The van der Waals surface area contributed by atoms with Crippen molar-refractivity contribution in [2.45, 2.75) is 50.6 Å². The van der Waals surface area contributed by atoms with Crippen molar-refractivity contribution in [1.29, 1.82) is 0 Å². The monoisotopic (exact) mass is 328 g/mol. The van der Waals surface area contributed by atoms with Gasteiger partial charge in [0.25, 0.3) is 0 Å². The molecular weight excluding hydrogens is 304 g/mol. The zero-order chi connectivity index (χ0) is 16.7. The van der Waals surface area contributed by atoms with Gasteiger partial charge in [-0.3, -0.25) is 14.5 Å². The third-order valence-corrected chi connectivity index (χ3v) is 6.01. The summed E-state index contributed by atoms with van der Waals surface area (Å²) in [4.78, 5) is 28.4. The zero-order valence-electron chi connectivity index (χ0n) is 13.9. The molecule has 24 heavy (non-hydrogen) atoms. The number of anilines is 1. The van der Waals surface area contributed by atoms with Crippen LogP contribution in [0.5, 0.6) is 0 Å². The maximum atomic E-state index is 12.9.